The van der Waals surface area contributed by atoms with Gasteiger partial charge in [-0.25, -0.2) is 0 Å². The van der Waals surface area contributed by atoms with Crippen molar-refractivity contribution < 1.29 is 45.8 Å². The molecule has 182 valence electrons. The maximum atomic E-state index is 13.0. The lowest BCUT2D eigenvalue weighted by Gasteiger charge is -2.30. The molecule has 2 fully saturated rings. The van der Waals surface area contributed by atoms with E-state index in [1.807, 2.05) is 0 Å². The number of halogens is 5. The Morgan fingerprint density at radius 2 is 2.00 bits per heavy atom. The molecule has 1 saturated carbocycles. The van der Waals surface area contributed by atoms with Crippen LogP contribution in [0.1, 0.15) is 12.8 Å². The van der Waals surface area contributed by atoms with E-state index in [1.165, 1.54) is 11.0 Å². The third-order valence-electron chi connectivity index (χ3n) is 4.96. The van der Waals surface area contributed by atoms with Crippen molar-refractivity contribution in [3.8, 4) is 5.75 Å². The van der Waals surface area contributed by atoms with Crippen LogP contribution in [0.25, 0.3) is 0 Å². The highest BCUT2D eigenvalue weighted by Gasteiger charge is 2.46. The van der Waals surface area contributed by atoms with Crippen molar-refractivity contribution in [2.45, 2.75) is 37.7 Å². The smallest absolute Gasteiger partial charge is 0.401 e. The van der Waals surface area contributed by atoms with Gasteiger partial charge in [-0.2, -0.15) is 22.0 Å². The number of hydrogen-bond donors (Lipinski definition) is 2. The normalized spacial score (nSPS) is 17.9. The minimum absolute atomic E-state index is 0.149. The van der Waals surface area contributed by atoms with Crippen LogP contribution in [0, 0.1) is 0 Å². The SMILES string of the molecule is NC(=O)[C@@H](C(=O)Nc1ccc(N2CCOCC2=O)cc1OC(F)F)N(CC(F)(F)F)C1CC1. The summed E-state index contributed by atoms with van der Waals surface area (Å²) < 4.78 is 74.4. The first-order valence-corrected chi connectivity index (χ1v) is 9.86. The Bertz CT molecular complexity index is 909. The largest absolute Gasteiger partial charge is 0.433 e. The molecule has 1 saturated heterocycles. The van der Waals surface area contributed by atoms with E-state index in [0.717, 1.165) is 12.1 Å². The van der Waals surface area contributed by atoms with Crippen LogP contribution >= 0.6 is 0 Å². The molecule has 0 spiro atoms. The quantitative estimate of drug-likeness (QED) is 0.409. The number of amides is 3. The molecule has 0 aromatic heterocycles. The number of ether oxygens (including phenoxy) is 2. The van der Waals surface area contributed by atoms with Crippen molar-refractivity contribution in [3.05, 3.63) is 18.2 Å². The molecule has 33 heavy (non-hydrogen) atoms. The van der Waals surface area contributed by atoms with Crippen molar-refractivity contribution in [1.29, 1.82) is 0 Å². The zero-order valence-corrected chi connectivity index (χ0v) is 17.1. The predicted molar refractivity (Wildman–Crippen MR) is 104 cm³/mol. The Labute approximate surface area is 184 Å². The zero-order valence-electron chi connectivity index (χ0n) is 17.1. The van der Waals surface area contributed by atoms with E-state index in [-0.39, 0.29) is 31.1 Å². The van der Waals surface area contributed by atoms with Gasteiger partial charge in [-0.15, -0.1) is 0 Å². The number of alkyl halides is 5. The standard InChI is InChI=1S/C19H21F5N4O5/c20-18(21)33-13-7-11(27-5-6-32-8-14(27)29)3-4-12(13)26-17(31)15(16(25)30)28(10-1-2-10)9-19(22,23)24/h3-4,7,10,15,18H,1-2,5-6,8-9H2,(H2,25,30)(H,26,31)/t15-/m0/s1. The minimum Gasteiger partial charge on any atom is -0.433 e. The second-order valence-electron chi connectivity index (χ2n) is 7.47. The molecule has 0 bridgehead atoms. The molecular formula is C19H21F5N4O5. The molecule has 0 unspecified atom stereocenters. The molecule has 1 aliphatic heterocycles. The van der Waals surface area contributed by atoms with Gasteiger partial charge in [-0.3, -0.25) is 19.3 Å². The fourth-order valence-electron chi connectivity index (χ4n) is 3.46. The highest BCUT2D eigenvalue weighted by atomic mass is 19.4. The molecule has 1 aromatic rings. The van der Waals surface area contributed by atoms with Crippen molar-refractivity contribution in [2.24, 2.45) is 5.73 Å². The van der Waals surface area contributed by atoms with Gasteiger partial charge in [0.1, 0.15) is 6.61 Å². The summed E-state index contributed by atoms with van der Waals surface area (Å²) in [5.41, 5.74) is 5.06. The van der Waals surface area contributed by atoms with Gasteiger partial charge in [-0.1, -0.05) is 0 Å². The highest BCUT2D eigenvalue weighted by Crippen LogP contribution is 2.34. The number of morpholine rings is 1. The van der Waals surface area contributed by atoms with Crippen LogP contribution in [-0.2, 0) is 19.1 Å². The molecule has 14 heteroatoms. The van der Waals surface area contributed by atoms with Crippen molar-refractivity contribution in [1.82, 2.24) is 4.90 Å². The van der Waals surface area contributed by atoms with Crippen LogP contribution in [0.3, 0.4) is 0 Å². The molecule has 3 amide bonds. The van der Waals surface area contributed by atoms with E-state index in [9.17, 15) is 36.3 Å². The lowest BCUT2D eigenvalue weighted by Crippen LogP contribution is -2.55. The van der Waals surface area contributed by atoms with Gasteiger partial charge in [0.2, 0.25) is 5.91 Å². The number of carbonyl (C=O) groups is 3. The summed E-state index contributed by atoms with van der Waals surface area (Å²) in [5.74, 6) is -3.53. The third-order valence-corrected chi connectivity index (χ3v) is 4.96. The molecule has 2 aliphatic rings. The molecule has 3 rings (SSSR count). The molecule has 1 aromatic carbocycles. The second-order valence-corrected chi connectivity index (χ2v) is 7.47. The van der Waals surface area contributed by atoms with Crippen LogP contribution in [-0.4, -0.2) is 73.8 Å². The van der Waals surface area contributed by atoms with Gasteiger partial charge in [0.25, 0.3) is 11.8 Å². The molecule has 1 heterocycles. The average Bonchev–Trinajstić information content (AvgIpc) is 3.53. The number of carbonyl (C=O) groups excluding carboxylic acids is 3. The van der Waals surface area contributed by atoms with Crippen LogP contribution < -0.4 is 20.7 Å². The summed E-state index contributed by atoms with van der Waals surface area (Å²) in [6.07, 6.45) is -4.02. The Kier molecular flexibility index (Phi) is 7.37. The molecule has 1 aliphatic carbocycles. The van der Waals surface area contributed by atoms with Gasteiger partial charge in [0.05, 0.1) is 18.8 Å². The lowest BCUT2D eigenvalue weighted by molar-refractivity contribution is -0.158. The maximum absolute atomic E-state index is 13.0. The number of benzene rings is 1. The van der Waals surface area contributed by atoms with E-state index in [4.69, 9.17) is 10.5 Å². The summed E-state index contributed by atoms with van der Waals surface area (Å²) >= 11 is 0. The number of nitrogens with two attached hydrogens (primary N) is 1. The summed E-state index contributed by atoms with van der Waals surface area (Å²) in [5, 5.41) is 2.15. The molecule has 0 radical (unpaired) electrons. The maximum Gasteiger partial charge on any atom is 0.401 e. The lowest BCUT2D eigenvalue weighted by atomic mass is 10.1. The number of anilines is 2. The molecule has 1 atom stereocenters. The van der Waals surface area contributed by atoms with Crippen LogP contribution in [0.5, 0.6) is 5.75 Å². The average molecular weight is 480 g/mol. The second kappa shape index (κ2) is 9.87. The Balaban J connectivity index is 1.86. The fraction of sp³-hybridized carbons (Fsp3) is 0.526. The monoisotopic (exact) mass is 480 g/mol. The topological polar surface area (TPSA) is 114 Å². The van der Waals surface area contributed by atoms with E-state index >= 15 is 0 Å². The van der Waals surface area contributed by atoms with E-state index in [0.29, 0.717) is 17.7 Å². The van der Waals surface area contributed by atoms with Gasteiger partial charge >= 0.3 is 12.8 Å². The predicted octanol–water partition coefficient (Wildman–Crippen LogP) is 1.47. The van der Waals surface area contributed by atoms with Gasteiger partial charge < -0.3 is 25.4 Å². The fourth-order valence-corrected chi connectivity index (χ4v) is 3.46. The van der Waals surface area contributed by atoms with Crippen LogP contribution in [0.2, 0.25) is 0 Å². The summed E-state index contributed by atoms with van der Waals surface area (Å²) in [4.78, 5) is 38.6. The van der Waals surface area contributed by atoms with E-state index in [1.54, 1.807) is 0 Å². The van der Waals surface area contributed by atoms with E-state index < -0.39 is 54.9 Å². The van der Waals surface area contributed by atoms with Gasteiger partial charge in [-0.05, 0) is 25.0 Å². The first kappa shape index (κ1) is 24.6. The zero-order chi connectivity index (χ0) is 24.3. The Morgan fingerprint density at radius 3 is 2.55 bits per heavy atom. The van der Waals surface area contributed by atoms with Gasteiger partial charge in [0.15, 0.2) is 11.8 Å². The van der Waals surface area contributed by atoms with Crippen LogP contribution in [0.15, 0.2) is 18.2 Å². The van der Waals surface area contributed by atoms with Crippen molar-refractivity contribution in [3.63, 3.8) is 0 Å². The molecular weight excluding hydrogens is 459 g/mol. The van der Waals surface area contributed by atoms with Gasteiger partial charge in [0, 0.05) is 24.3 Å². The van der Waals surface area contributed by atoms with E-state index in [2.05, 4.69) is 10.1 Å². The molecule has 9 nitrogen and oxygen atoms in total. The van der Waals surface area contributed by atoms with Crippen molar-refractivity contribution in [2.75, 3.05) is 36.5 Å². The number of primary amides is 1. The first-order valence-electron chi connectivity index (χ1n) is 9.86. The third kappa shape index (κ3) is 6.51. The first-order chi connectivity index (χ1) is 15.5. The molecule has 3 N–H and O–H groups in total. The number of nitrogens with zero attached hydrogens (tertiary/aromatic N) is 2. The Hall–Kier alpha value is -3.00. The Morgan fingerprint density at radius 1 is 1.30 bits per heavy atom. The van der Waals surface area contributed by atoms with Crippen molar-refractivity contribution >= 4 is 29.1 Å². The summed E-state index contributed by atoms with van der Waals surface area (Å²) in [7, 11) is 0. The summed E-state index contributed by atoms with van der Waals surface area (Å²) in [6.45, 7) is -4.70. The summed E-state index contributed by atoms with van der Waals surface area (Å²) in [6, 6.07) is 0.876. The number of rotatable bonds is 9. The number of hydrogen-bond acceptors (Lipinski definition) is 6. The number of nitrogens with one attached hydrogen (secondary N) is 1. The highest BCUT2D eigenvalue weighted by molar-refractivity contribution is 6.10. The minimum atomic E-state index is -4.70. The van der Waals surface area contributed by atoms with Crippen LogP contribution in [0.4, 0.5) is 33.3 Å².